The van der Waals surface area contributed by atoms with E-state index in [1.807, 2.05) is 13.8 Å². The molecule has 0 aromatic heterocycles. The Hall–Kier alpha value is -1.11. The van der Waals surface area contributed by atoms with E-state index < -0.39 is 0 Å². The standard InChI is InChI=1S/C15H22O/c1-10(2)13(9-16)8-15-12(5)6-7-14(15)11(3)4/h9,14H,3,6-8H2,1-2,4-5H3. The van der Waals surface area contributed by atoms with Gasteiger partial charge in [-0.15, -0.1) is 0 Å². The summed E-state index contributed by atoms with van der Waals surface area (Å²) in [5.41, 5.74) is 6.17. The van der Waals surface area contributed by atoms with Crippen molar-refractivity contribution in [2.24, 2.45) is 5.92 Å². The summed E-state index contributed by atoms with van der Waals surface area (Å²) in [4.78, 5) is 11.0. The highest BCUT2D eigenvalue weighted by Gasteiger charge is 2.24. The minimum atomic E-state index is 0.495. The molecule has 0 bridgehead atoms. The molecule has 0 amide bonds. The van der Waals surface area contributed by atoms with Gasteiger partial charge in [-0.25, -0.2) is 0 Å². The van der Waals surface area contributed by atoms with Gasteiger partial charge >= 0.3 is 0 Å². The molecule has 0 radical (unpaired) electrons. The van der Waals surface area contributed by atoms with Crippen LogP contribution in [0.1, 0.15) is 47.0 Å². The Labute approximate surface area is 98.9 Å². The van der Waals surface area contributed by atoms with E-state index in [9.17, 15) is 4.79 Å². The van der Waals surface area contributed by atoms with Gasteiger partial charge in [-0.2, -0.15) is 0 Å². The Morgan fingerprint density at radius 1 is 1.44 bits per heavy atom. The largest absolute Gasteiger partial charge is 0.298 e. The number of rotatable bonds is 4. The highest BCUT2D eigenvalue weighted by atomic mass is 16.1. The first-order valence-corrected chi connectivity index (χ1v) is 5.92. The van der Waals surface area contributed by atoms with Crippen molar-refractivity contribution in [1.82, 2.24) is 0 Å². The van der Waals surface area contributed by atoms with E-state index in [1.165, 1.54) is 23.1 Å². The molecule has 88 valence electrons. The molecule has 16 heavy (non-hydrogen) atoms. The van der Waals surface area contributed by atoms with Crippen molar-refractivity contribution < 1.29 is 4.79 Å². The molecule has 0 aromatic carbocycles. The summed E-state index contributed by atoms with van der Waals surface area (Å²) in [6.07, 6.45) is 4.14. The van der Waals surface area contributed by atoms with E-state index in [1.54, 1.807) is 0 Å². The van der Waals surface area contributed by atoms with E-state index in [-0.39, 0.29) is 0 Å². The minimum Gasteiger partial charge on any atom is -0.298 e. The molecular weight excluding hydrogens is 196 g/mol. The van der Waals surface area contributed by atoms with Gasteiger partial charge < -0.3 is 0 Å². The molecule has 0 fully saturated rings. The Morgan fingerprint density at radius 3 is 2.50 bits per heavy atom. The van der Waals surface area contributed by atoms with Crippen molar-refractivity contribution in [3.8, 4) is 0 Å². The van der Waals surface area contributed by atoms with Crippen LogP contribution in [-0.4, -0.2) is 6.29 Å². The highest BCUT2D eigenvalue weighted by molar-refractivity contribution is 5.75. The van der Waals surface area contributed by atoms with Crippen LogP contribution in [0.15, 0.2) is 34.4 Å². The normalized spacial score (nSPS) is 19.9. The smallest absolute Gasteiger partial charge is 0.146 e. The molecule has 1 aliphatic carbocycles. The van der Waals surface area contributed by atoms with E-state index in [0.29, 0.717) is 5.92 Å². The van der Waals surface area contributed by atoms with Gasteiger partial charge in [0.15, 0.2) is 0 Å². The van der Waals surface area contributed by atoms with Gasteiger partial charge in [0.1, 0.15) is 6.29 Å². The molecule has 0 saturated carbocycles. The summed E-state index contributed by atoms with van der Waals surface area (Å²) >= 11 is 0. The van der Waals surface area contributed by atoms with Gasteiger partial charge in [-0.05, 0) is 52.5 Å². The van der Waals surface area contributed by atoms with Crippen molar-refractivity contribution >= 4 is 6.29 Å². The van der Waals surface area contributed by atoms with Crippen molar-refractivity contribution in [1.29, 1.82) is 0 Å². The van der Waals surface area contributed by atoms with Crippen LogP contribution in [0, 0.1) is 5.92 Å². The van der Waals surface area contributed by atoms with Crippen LogP contribution in [0.25, 0.3) is 0 Å². The first-order valence-electron chi connectivity index (χ1n) is 5.92. The SMILES string of the molecule is C=C(C)C1CCC(C)=C1CC(C=O)=C(C)C. The predicted molar refractivity (Wildman–Crippen MR) is 69.3 cm³/mol. The Bertz CT molecular complexity index is 365. The summed E-state index contributed by atoms with van der Waals surface area (Å²) in [6, 6.07) is 0. The quantitative estimate of drug-likeness (QED) is 0.392. The van der Waals surface area contributed by atoms with Crippen LogP contribution in [0.5, 0.6) is 0 Å². The lowest BCUT2D eigenvalue weighted by atomic mass is 9.89. The van der Waals surface area contributed by atoms with E-state index in [4.69, 9.17) is 0 Å². The third kappa shape index (κ3) is 2.72. The van der Waals surface area contributed by atoms with E-state index in [0.717, 1.165) is 30.3 Å². The van der Waals surface area contributed by atoms with Crippen molar-refractivity contribution in [2.75, 3.05) is 0 Å². The second-order valence-electron chi connectivity index (χ2n) is 5.06. The molecule has 1 heteroatoms. The van der Waals surface area contributed by atoms with Crippen LogP contribution in [0.4, 0.5) is 0 Å². The third-order valence-corrected chi connectivity index (χ3v) is 3.54. The Balaban J connectivity index is 2.94. The number of hydrogen-bond donors (Lipinski definition) is 0. The van der Waals surface area contributed by atoms with Gasteiger partial charge in [-0.1, -0.05) is 28.9 Å². The van der Waals surface area contributed by atoms with Crippen molar-refractivity contribution in [2.45, 2.75) is 47.0 Å². The van der Waals surface area contributed by atoms with Crippen LogP contribution in [0.3, 0.4) is 0 Å². The molecular formula is C15H22O. The molecule has 0 aromatic rings. The molecule has 0 spiro atoms. The second kappa shape index (κ2) is 5.29. The van der Waals surface area contributed by atoms with Crippen LogP contribution in [-0.2, 0) is 4.79 Å². The molecule has 1 rings (SSSR count). The molecule has 0 N–H and O–H groups in total. The molecule has 0 saturated heterocycles. The summed E-state index contributed by atoms with van der Waals surface area (Å²) in [5.74, 6) is 0.495. The minimum absolute atomic E-state index is 0.495. The average Bonchev–Trinajstić information content (AvgIpc) is 2.56. The second-order valence-corrected chi connectivity index (χ2v) is 5.06. The summed E-state index contributed by atoms with van der Waals surface area (Å²) in [7, 11) is 0. The number of carbonyl (C=O) groups excluding carboxylic acids is 1. The van der Waals surface area contributed by atoms with Crippen LogP contribution >= 0.6 is 0 Å². The van der Waals surface area contributed by atoms with Crippen LogP contribution in [0.2, 0.25) is 0 Å². The van der Waals surface area contributed by atoms with Gasteiger partial charge in [0.25, 0.3) is 0 Å². The van der Waals surface area contributed by atoms with Gasteiger partial charge in [0.2, 0.25) is 0 Å². The first-order chi connectivity index (χ1) is 7.47. The molecule has 1 unspecified atom stereocenters. The lowest BCUT2D eigenvalue weighted by Crippen LogP contribution is -2.03. The van der Waals surface area contributed by atoms with Crippen molar-refractivity contribution in [3.05, 3.63) is 34.4 Å². The fourth-order valence-electron chi connectivity index (χ4n) is 2.35. The molecule has 1 aliphatic rings. The van der Waals surface area contributed by atoms with Crippen molar-refractivity contribution in [3.63, 3.8) is 0 Å². The van der Waals surface area contributed by atoms with E-state index in [2.05, 4.69) is 20.4 Å². The first kappa shape index (κ1) is 13.0. The Kier molecular flexibility index (Phi) is 4.28. The van der Waals surface area contributed by atoms with Gasteiger partial charge in [0, 0.05) is 5.92 Å². The fraction of sp³-hybridized carbons (Fsp3) is 0.533. The number of aldehydes is 1. The summed E-state index contributed by atoms with van der Waals surface area (Å²) in [5, 5.41) is 0. The van der Waals surface area contributed by atoms with Crippen LogP contribution < -0.4 is 0 Å². The number of carbonyl (C=O) groups is 1. The maximum absolute atomic E-state index is 11.0. The average molecular weight is 218 g/mol. The predicted octanol–water partition coefficient (Wildman–Crippen LogP) is 4.21. The third-order valence-electron chi connectivity index (χ3n) is 3.54. The fourth-order valence-corrected chi connectivity index (χ4v) is 2.35. The summed E-state index contributed by atoms with van der Waals surface area (Å²) in [6.45, 7) is 12.3. The number of allylic oxidation sites excluding steroid dienone is 5. The zero-order valence-corrected chi connectivity index (χ0v) is 10.9. The molecule has 0 heterocycles. The highest BCUT2D eigenvalue weighted by Crippen LogP contribution is 2.39. The zero-order chi connectivity index (χ0) is 12.3. The lowest BCUT2D eigenvalue weighted by molar-refractivity contribution is -0.105. The lowest BCUT2D eigenvalue weighted by Gasteiger charge is -2.16. The number of hydrogen-bond acceptors (Lipinski definition) is 1. The maximum atomic E-state index is 11.0. The molecule has 1 nitrogen and oxygen atoms in total. The monoisotopic (exact) mass is 218 g/mol. The molecule has 0 aliphatic heterocycles. The Morgan fingerprint density at radius 2 is 2.06 bits per heavy atom. The van der Waals surface area contributed by atoms with Gasteiger partial charge in [-0.3, -0.25) is 4.79 Å². The maximum Gasteiger partial charge on any atom is 0.146 e. The van der Waals surface area contributed by atoms with Gasteiger partial charge in [0.05, 0.1) is 0 Å². The molecule has 1 atom stereocenters. The zero-order valence-electron chi connectivity index (χ0n) is 10.9. The topological polar surface area (TPSA) is 17.1 Å². The summed E-state index contributed by atoms with van der Waals surface area (Å²) < 4.78 is 0. The van der Waals surface area contributed by atoms with E-state index >= 15 is 0 Å².